The van der Waals surface area contributed by atoms with Gasteiger partial charge in [0.2, 0.25) is 5.91 Å². The minimum atomic E-state index is -0.828. The molecular formula is C19H14Cl2F2N2O2S. The van der Waals surface area contributed by atoms with Crippen molar-refractivity contribution in [1.29, 1.82) is 0 Å². The fraction of sp³-hybridized carbons (Fsp3) is 0.158. The minimum Gasteiger partial charge on any atom is -0.360 e. The van der Waals surface area contributed by atoms with Crippen molar-refractivity contribution in [3.8, 4) is 11.3 Å². The first-order valence-electron chi connectivity index (χ1n) is 8.12. The van der Waals surface area contributed by atoms with Gasteiger partial charge in [0.1, 0.15) is 28.8 Å². The zero-order valence-electron chi connectivity index (χ0n) is 14.5. The number of amides is 1. The number of carbonyl (C=O) groups is 1. The number of thioether (sulfide) groups is 1. The lowest BCUT2D eigenvalue weighted by Gasteiger charge is -2.12. The molecule has 0 unspecified atom stereocenters. The normalized spacial score (nSPS) is 12.0. The number of carbonyl (C=O) groups excluding carboxylic acids is 1. The number of halogens is 4. The molecule has 1 amide bonds. The van der Waals surface area contributed by atoms with Crippen LogP contribution in [0.2, 0.25) is 10.0 Å². The van der Waals surface area contributed by atoms with Crippen LogP contribution < -0.4 is 5.32 Å². The van der Waals surface area contributed by atoms with Crippen molar-refractivity contribution in [2.24, 2.45) is 0 Å². The van der Waals surface area contributed by atoms with Gasteiger partial charge >= 0.3 is 0 Å². The largest absolute Gasteiger partial charge is 0.360 e. The molecule has 0 radical (unpaired) electrons. The molecule has 28 heavy (non-hydrogen) atoms. The molecule has 4 nitrogen and oxygen atoms in total. The molecule has 1 aromatic heterocycles. The number of rotatable bonds is 6. The third kappa shape index (κ3) is 4.84. The SMILES string of the molecule is C[C@H](SCc1cc(-c2ccc(Cl)cc2Cl)no1)C(=O)Nc1c(F)cccc1F. The topological polar surface area (TPSA) is 55.1 Å². The number of benzene rings is 2. The summed E-state index contributed by atoms with van der Waals surface area (Å²) in [6.07, 6.45) is 0. The predicted octanol–water partition coefficient (Wildman–Crippen LogP) is 6.19. The van der Waals surface area contributed by atoms with Gasteiger partial charge in [-0.05, 0) is 37.3 Å². The molecular weight excluding hydrogens is 429 g/mol. The Kier molecular flexibility index (Phi) is 6.59. The number of aromatic nitrogens is 1. The zero-order valence-corrected chi connectivity index (χ0v) is 16.8. The van der Waals surface area contributed by atoms with Crippen molar-refractivity contribution < 1.29 is 18.1 Å². The van der Waals surface area contributed by atoms with Crippen molar-refractivity contribution >= 4 is 46.6 Å². The third-order valence-corrected chi connectivity index (χ3v) is 5.53. The minimum absolute atomic E-state index is 0.340. The second kappa shape index (κ2) is 8.94. The van der Waals surface area contributed by atoms with Crippen LogP contribution in [-0.4, -0.2) is 16.3 Å². The van der Waals surface area contributed by atoms with Crippen LogP contribution in [-0.2, 0) is 10.5 Å². The van der Waals surface area contributed by atoms with Crippen LogP contribution in [0.4, 0.5) is 14.5 Å². The summed E-state index contributed by atoms with van der Waals surface area (Å²) in [5.74, 6) is -1.31. The number of hydrogen-bond donors (Lipinski definition) is 1. The van der Waals surface area contributed by atoms with E-state index in [1.54, 1.807) is 31.2 Å². The molecule has 1 atom stereocenters. The van der Waals surface area contributed by atoms with E-state index in [4.69, 9.17) is 27.7 Å². The maximum Gasteiger partial charge on any atom is 0.237 e. The highest BCUT2D eigenvalue weighted by Gasteiger charge is 2.19. The molecule has 9 heteroatoms. The Hall–Kier alpha value is -2.09. The maximum absolute atomic E-state index is 13.6. The fourth-order valence-electron chi connectivity index (χ4n) is 2.33. The van der Waals surface area contributed by atoms with E-state index in [0.717, 1.165) is 12.1 Å². The molecule has 0 fully saturated rings. The molecule has 0 spiro atoms. The first kappa shape index (κ1) is 20.6. The van der Waals surface area contributed by atoms with Gasteiger partial charge in [0, 0.05) is 16.7 Å². The monoisotopic (exact) mass is 442 g/mol. The third-order valence-electron chi connectivity index (χ3n) is 3.82. The predicted molar refractivity (Wildman–Crippen MR) is 108 cm³/mol. The summed E-state index contributed by atoms with van der Waals surface area (Å²) in [4.78, 5) is 12.2. The molecule has 0 saturated carbocycles. The molecule has 1 heterocycles. The lowest BCUT2D eigenvalue weighted by molar-refractivity contribution is -0.115. The van der Waals surface area contributed by atoms with Gasteiger partial charge in [-0.3, -0.25) is 4.79 Å². The van der Waals surface area contributed by atoms with E-state index >= 15 is 0 Å². The second-order valence-corrected chi connectivity index (χ2v) is 8.01. The van der Waals surface area contributed by atoms with E-state index in [2.05, 4.69) is 10.5 Å². The molecule has 1 N–H and O–H groups in total. The van der Waals surface area contributed by atoms with Crippen molar-refractivity contribution in [1.82, 2.24) is 5.16 Å². The number of nitrogens with zero attached hydrogens (tertiary/aromatic N) is 1. The van der Waals surface area contributed by atoms with Crippen molar-refractivity contribution in [2.75, 3.05) is 5.32 Å². The smallest absolute Gasteiger partial charge is 0.237 e. The number of para-hydroxylation sites is 1. The maximum atomic E-state index is 13.6. The van der Waals surface area contributed by atoms with E-state index in [0.29, 0.717) is 32.8 Å². The average Bonchev–Trinajstić information content (AvgIpc) is 3.11. The van der Waals surface area contributed by atoms with Crippen molar-refractivity contribution in [3.63, 3.8) is 0 Å². The zero-order chi connectivity index (χ0) is 20.3. The van der Waals surface area contributed by atoms with Gasteiger partial charge in [0.15, 0.2) is 0 Å². The van der Waals surface area contributed by atoms with Crippen LogP contribution in [0.3, 0.4) is 0 Å². The van der Waals surface area contributed by atoms with Gasteiger partial charge in [-0.1, -0.05) is 34.4 Å². The Balaban J connectivity index is 1.61. The standard InChI is InChI=1S/C19H14Cl2F2N2O2S/c1-10(19(26)24-18-15(22)3-2-4-16(18)23)28-9-12-8-17(25-27-12)13-6-5-11(20)7-14(13)21/h2-8,10H,9H2,1H3,(H,24,26)/t10-/m0/s1. The Labute approximate surface area is 174 Å². The van der Waals surface area contributed by atoms with E-state index in [9.17, 15) is 13.6 Å². The Morgan fingerprint density at radius 2 is 1.93 bits per heavy atom. The summed E-state index contributed by atoms with van der Waals surface area (Å²) >= 11 is 13.3. The summed E-state index contributed by atoms with van der Waals surface area (Å²) < 4.78 is 32.6. The van der Waals surface area contributed by atoms with Gasteiger partial charge in [0.05, 0.1) is 16.0 Å². The lowest BCUT2D eigenvalue weighted by Crippen LogP contribution is -2.23. The summed E-state index contributed by atoms with van der Waals surface area (Å²) in [6.45, 7) is 1.63. The Morgan fingerprint density at radius 3 is 2.61 bits per heavy atom. The van der Waals surface area contributed by atoms with Crippen LogP contribution in [0.25, 0.3) is 11.3 Å². The molecule has 3 aromatic rings. The number of anilines is 1. The molecule has 0 aliphatic rings. The van der Waals surface area contributed by atoms with Crippen LogP contribution in [0.15, 0.2) is 47.0 Å². The van der Waals surface area contributed by atoms with Crippen molar-refractivity contribution in [2.45, 2.75) is 17.9 Å². The fourth-order valence-corrected chi connectivity index (χ4v) is 3.60. The first-order chi connectivity index (χ1) is 13.3. The van der Waals surface area contributed by atoms with E-state index in [1.807, 2.05) is 0 Å². The molecule has 0 aliphatic carbocycles. The summed E-state index contributed by atoms with van der Waals surface area (Å²) in [6, 6.07) is 10.1. The second-order valence-electron chi connectivity index (χ2n) is 5.84. The van der Waals surface area contributed by atoms with Gasteiger partial charge in [0.25, 0.3) is 0 Å². The summed E-state index contributed by atoms with van der Waals surface area (Å²) in [5.41, 5.74) is 0.758. The molecule has 0 aliphatic heterocycles. The quantitative estimate of drug-likeness (QED) is 0.494. The van der Waals surface area contributed by atoms with Gasteiger partial charge in [-0.15, -0.1) is 11.8 Å². The lowest BCUT2D eigenvalue weighted by atomic mass is 10.1. The highest BCUT2D eigenvalue weighted by atomic mass is 35.5. The summed E-state index contributed by atoms with van der Waals surface area (Å²) in [5, 5.41) is 6.63. The Morgan fingerprint density at radius 1 is 1.21 bits per heavy atom. The van der Waals surface area contributed by atoms with Crippen LogP contribution in [0, 0.1) is 11.6 Å². The van der Waals surface area contributed by atoms with Gasteiger partial charge in [-0.25, -0.2) is 8.78 Å². The molecule has 146 valence electrons. The number of hydrogen-bond acceptors (Lipinski definition) is 4. The van der Waals surface area contributed by atoms with Crippen molar-refractivity contribution in [3.05, 3.63) is 69.9 Å². The molecule has 2 aromatic carbocycles. The number of nitrogens with one attached hydrogen (secondary N) is 1. The van der Waals surface area contributed by atoms with Gasteiger partial charge < -0.3 is 9.84 Å². The van der Waals surface area contributed by atoms with Crippen LogP contribution in [0.1, 0.15) is 12.7 Å². The highest BCUT2D eigenvalue weighted by Crippen LogP contribution is 2.31. The first-order valence-corrected chi connectivity index (χ1v) is 9.93. The highest BCUT2D eigenvalue weighted by molar-refractivity contribution is 7.99. The molecule has 3 rings (SSSR count). The van der Waals surface area contributed by atoms with E-state index in [-0.39, 0.29) is 0 Å². The molecule has 0 bridgehead atoms. The Bertz CT molecular complexity index is 993. The molecule has 0 saturated heterocycles. The van der Waals surface area contributed by atoms with E-state index in [1.165, 1.54) is 17.8 Å². The van der Waals surface area contributed by atoms with Gasteiger partial charge in [-0.2, -0.15) is 0 Å². The van der Waals surface area contributed by atoms with E-state index < -0.39 is 28.5 Å². The van der Waals surface area contributed by atoms with Crippen LogP contribution >= 0.6 is 35.0 Å². The average molecular weight is 443 g/mol. The summed E-state index contributed by atoms with van der Waals surface area (Å²) in [7, 11) is 0. The van der Waals surface area contributed by atoms with Crippen LogP contribution in [0.5, 0.6) is 0 Å².